The summed E-state index contributed by atoms with van der Waals surface area (Å²) in [5, 5.41) is 65.1. The highest BCUT2D eigenvalue weighted by Crippen LogP contribution is 2.77. The van der Waals surface area contributed by atoms with Crippen LogP contribution in [0.4, 0.5) is 0 Å². The molecule has 0 amide bonds. The first-order chi connectivity index (χ1) is 33.9. The molecule has 2 spiro atoms. The van der Waals surface area contributed by atoms with E-state index >= 15 is 9.90 Å². The lowest BCUT2D eigenvalue weighted by Crippen LogP contribution is -2.67. The number of rotatable bonds is 4. The van der Waals surface area contributed by atoms with Crippen LogP contribution in [0.3, 0.4) is 0 Å². The molecular formula is C58H85N5O6S2. The summed E-state index contributed by atoms with van der Waals surface area (Å²) >= 11 is 0. The fourth-order valence-electron chi connectivity index (χ4n) is 20.5. The third kappa shape index (κ3) is 7.37. The van der Waals surface area contributed by atoms with Crippen LogP contribution < -0.4 is 11.1 Å². The number of ketones is 1. The van der Waals surface area contributed by atoms with Gasteiger partial charge in [0, 0.05) is 64.6 Å². The van der Waals surface area contributed by atoms with Gasteiger partial charge in [-0.25, -0.2) is 4.98 Å². The number of nitrogens with one attached hydrogen (secondary N) is 1. The quantitative estimate of drug-likeness (QED) is 0.0502. The molecule has 390 valence electrons. The Bertz CT molecular complexity index is 2390. The second-order valence-electron chi connectivity index (χ2n) is 26.8. The minimum Gasteiger partial charge on any atom is -0.392 e. The molecular weight excluding hydrogens is 927 g/mol. The average molecular weight is 1010 g/mol. The molecule has 7 saturated carbocycles. The van der Waals surface area contributed by atoms with Crippen molar-refractivity contribution in [3.8, 4) is 0 Å². The van der Waals surface area contributed by atoms with Crippen LogP contribution in [-0.2, 0) is 4.79 Å². The smallest absolute Gasteiger partial charge is 0.190 e. The average Bonchev–Trinajstić information content (AvgIpc) is 4.16. The number of hydrogen-bond donors (Lipinski definition) is 7. The van der Waals surface area contributed by atoms with Gasteiger partial charge in [0.1, 0.15) is 6.23 Å². The summed E-state index contributed by atoms with van der Waals surface area (Å²) in [4.78, 5) is 24.6. The second-order valence-corrected chi connectivity index (χ2v) is 29.6. The highest BCUT2D eigenvalue weighted by molar-refractivity contribution is 8.77. The van der Waals surface area contributed by atoms with Crippen molar-refractivity contribution < 1.29 is 30.3 Å². The Hall–Kier alpha value is -2.13. The van der Waals surface area contributed by atoms with Crippen LogP contribution in [0.5, 0.6) is 0 Å². The van der Waals surface area contributed by atoms with E-state index in [0.717, 1.165) is 75.5 Å². The van der Waals surface area contributed by atoms with Crippen molar-refractivity contribution in [2.45, 2.75) is 204 Å². The first-order valence-corrected chi connectivity index (χ1v) is 30.7. The molecule has 8 N–H and O–H groups in total. The number of carbonyl (C=O) groups excluding carboxylic acids is 1. The van der Waals surface area contributed by atoms with Crippen LogP contribution in [-0.4, -0.2) is 94.0 Å². The Kier molecular flexibility index (Phi) is 12.4. The molecule has 2 heterocycles. The van der Waals surface area contributed by atoms with Gasteiger partial charge in [-0.05, 0) is 167 Å². The van der Waals surface area contributed by atoms with Crippen molar-refractivity contribution in [2.24, 2.45) is 85.6 Å². The standard InChI is InChI=1S/C58H85N5O6S2/c1-32(64)62-52(59)61-29-34-26-55(5)39-25-45(58(55,69)41-24-42(65)40-23-43(66)44(67)28-54(40,4)48(34)41)57(18-8-9-19-57)71-70-30-35(63-21-20-60-31-63)27-53(2,3)50-37-14-11-17-56(15-6-7-16-56)49(37)36-13-10-12-33-22-38(39)51(68)47(50)46(33)36/h20-21,24,31-35,38-40,43-45,47-49,51,64,66-69H,6-19,22-23,25-30H2,1-5H3,(H3,59,61,62)/t32-,33+,34-,35+,38-,39+,40-,43+,44-,45+,47+,48-,49+,51-,54-,55+,58-/m0/s1. The molecule has 0 aromatic carbocycles. The van der Waals surface area contributed by atoms with E-state index in [1.165, 1.54) is 44.9 Å². The summed E-state index contributed by atoms with van der Waals surface area (Å²) in [5.74, 6) is 0.552. The minimum atomic E-state index is -1.39. The maximum atomic E-state index is 15.0. The fourth-order valence-corrected chi connectivity index (χ4v) is 24.3. The first kappa shape index (κ1) is 49.7. The number of aliphatic hydroxyl groups excluding tert-OH is 4. The lowest BCUT2D eigenvalue weighted by Gasteiger charge is -2.65. The van der Waals surface area contributed by atoms with E-state index in [1.807, 2.05) is 40.2 Å². The summed E-state index contributed by atoms with van der Waals surface area (Å²) in [7, 11) is 4.02. The monoisotopic (exact) mass is 1010 g/mol. The Morgan fingerprint density at radius 1 is 0.944 bits per heavy atom. The van der Waals surface area contributed by atoms with E-state index in [2.05, 4.69) is 48.8 Å². The van der Waals surface area contributed by atoms with Crippen molar-refractivity contribution in [1.82, 2.24) is 14.9 Å². The van der Waals surface area contributed by atoms with Crippen LogP contribution in [0, 0.1) is 74.9 Å². The van der Waals surface area contributed by atoms with Crippen molar-refractivity contribution in [3.63, 3.8) is 0 Å². The molecule has 4 bridgehead atoms. The van der Waals surface area contributed by atoms with Crippen LogP contribution in [0.25, 0.3) is 0 Å². The third-order valence-corrected chi connectivity index (χ3v) is 26.3. The van der Waals surface area contributed by atoms with Gasteiger partial charge in [0.25, 0.3) is 0 Å². The SMILES string of the molecule is C[C@H](O)NC(N)=NC[C@@H]1C[C@]2(C)[C@@H]3C[C@H](C4(CCCC4)SSC[C@H](n4ccnc4)CC(C)(C)C4=C5CCCC6(CCCC6)[C@@H]5C5=C6[C@H](CCC5)C[C@@H]3[C@H](O)[C@H]64)[C@@]2(O)C2=CC(=O)[C@@H]3C[C@@H](O)[C@@H](O)C[C@]3(C)[C@H]21. The van der Waals surface area contributed by atoms with E-state index < -0.39 is 46.9 Å². The number of allylic oxidation sites excluding steroid dienone is 3. The highest BCUT2D eigenvalue weighted by Gasteiger charge is 2.76. The van der Waals surface area contributed by atoms with E-state index in [4.69, 9.17) is 10.7 Å². The van der Waals surface area contributed by atoms with Gasteiger partial charge in [-0.3, -0.25) is 9.79 Å². The number of hydrogen-bond acceptors (Lipinski definition) is 10. The Balaban J connectivity index is 1.07. The summed E-state index contributed by atoms with van der Waals surface area (Å²) in [6, 6.07) is 0.181. The first-order valence-electron chi connectivity index (χ1n) is 28.4. The van der Waals surface area contributed by atoms with Gasteiger partial charge in [0.15, 0.2) is 11.7 Å². The predicted molar refractivity (Wildman–Crippen MR) is 282 cm³/mol. The zero-order valence-corrected chi connectivity index (χ0v) is 45.0. The van der Waals surface area contributed by atoms with Crippen LogP contribution in [0.1, 0.15) is 169 Å². The number of aliphatic imine (C=N–C) groups is 1. The Labute approximate surface area is 431 Å². The van der Waals surface area contributed by atoms with E-state index in [0.29, 0.717) is 30.2 Å². The van der Waals surface area contributed by atoms with Crippen molar-refractivity contribution in [2.75, 3.05) is 12.3 Å². The second kappa shape index (κ2) is 17.7. The summed E-state index contributed by atoms with van der Waals surface area (Å²) in [6.07, 6.45) is 24.8. The minimum absolute atomic E-state index is 0.0376. The number of imidazole rings is 1. The van der Waals surface area contributed by atoms with Gasteiger partial charge in [-0.2, -0.15) is 0 Å². The van der Waals surface area contributed by atoms with Crippen molar-refractivity contribution in [1.29, 1.82) is 0 Å². The van der Waals surface area contributed by atoms with Crippen LogP contribution in [0.2, 0.25) is 0 Å². The van der Waals surface area contributed by atoms with Crippen molar-refractivity contribution in [3.05, 3.63) is 52.7 Å². The molecule has 1 saturated heterocycles. The van der Waals surface area contributed by atoms with Gasteiger partial charge in [-0.1, -0.05) is 97.3 Å². The summed E-state index contributed by atoms with van der Waals surface area (Å²) in [6.45, 7) is 11.5. The molecule has 10 aliphatic carbocycles. The number of aliphatic hydroxyl groups is 5. The number of guanidine groups is 1. The predicted octanol–water partition coefficient (Wildman–Crippen LogP) is 9.21. The molecule has 1 aromatic heterocycles. The summed E-state index contributed by atoms with van der Waals surface area (Å²) < 4.78 is 2.09. The lowest BCUT2D eigenvalue weighted by molar-refractivity contribution is -0.174. The molecule has 11 aliphatic rings. The van der Waals surface area contributed by atoms with Gasteiger partial charge in [0.2, 0.25) is 0 Å². The van der Waals surface area contributed by atoms with E-state index in [1.54, 1.807) is 29.2 Å². The third-order valence-electron chi connectivity index (χ3n) is 22.9. The number of aromatic nitrogens is 2. The molecule has 0 radical (unpaired) electrons. The number of carbonyl (C=O) groups is 1. The molecule has 12 rings (SSSR count). The number of nitrogens with zero attached hydrogens (tertiary/aromatic N) is 3. The molecule has 13 heteroatoms. The lowest BCUT2D eigenvalue weighted by atomic mass is 9.41. The maximum absolute atomic E-state index is 15.0. The maximum Gasteiger partial charge on any atom is 0.190 e. The van der Waals surface area contributed by atoms with Crippen LogP contribution in [0.15, 0.2) is 57.7 Å². The highest BCUT2D eigenvalue weighted by atomic mass is 33.1. The zero-order chi connectivity index (χ0) is 49.6. The zero-order valence-electron chi connectivity index (χ0n) is 43.3. The molecule has 71 heavy (non-hydrogen) atoms. The number of nitrogens with two attached hydrogens (primary N) is 1. The normalized spacial score (nSPS) is 45.9. The fraction of sp³-hybridized carbons (Fsp3) is 0.810. The molecule has 8 fully saturated rings. The Morgan fingerprint density at radius 2 is 1.68 bits per heavy atom. The molecule has 1 aromatic rings. The van der Waals surface area contributed by atoms with E-state index in [9.17, 15) is 20.4 Å². The molecule has 17 atom stereocenters. The van der Waals surface area contributed by atoms with E-state index in [-0.39, 0.29) is 76.3 Å². The molecule has 1 aliphatic heterocycles. The Morgan fingerprint density at radius 3 is 2.41 bits per heavy atom. The topological polar surface area (TPSA) is 186 Å². The van der Waals surface area contributed by atoms with Gasteiger partial charge < -0.3 is 41.2 Å². The molecule has 0 unspecified atom stereocenters. The van der Waals surface area contributed by atoms with Gasteiger partial charge >= 0.3 is 0 Å². The number of fused-ring (bicyclic) bond motifs is 15. The summed E-state index contributed by atoms with van der Waals surface area (Å²) in [5.41, 5.74) is 11.2. The van der Waals surface area contributed by atoms with Gasteiger partial charge in [0.05, 0.1) is 30.2 Å². The molecule has 11 nitrogen and oxygen atoms in total. The van der Waals surface area contributed by atoms with Gasteiger partial charge in [-0.15, -0.1) is 0 Å². The van der Waals surface area contributed by atoms with Crippen LogP contribution >= 0.6 is 21.6 Å². The van der Waals surface area contributed by atoms with Crippen molar-refractivity contribution >= 4 is 33.3 Å². The largest absolute Gasteiger partial charge is 0.392 e.